The molecule has 9 atom stereocenters. The van der Waals surface area contributed by atoms with Crippen molar-refractivity contribution in [3.63, 3.8) is 0 Å². The number of hydrogen-bond donors (Lipinski definition) is 0. The van der Waals surface area contributed by atoms with E-state index in [0.29, 0.717) is 22.3 Å². The van der Waals surface area contributed by atoms with Crippen LogP contribution < -0.4 is 0 Å². The van der Waals surface area contributed by atoms with Crippen molar-refractivity contribution in [1.29, 1.82) is 5.26 Å². The van der Waals surface area contributed by atoms with Gasteiger partial charge in [0, 0.05) is 13.3 Å². The molecule has 4 aliphatic carbocycles. The fraction of sp³-hybridized carbons (Fsp3) is 0.867. The first-order valence-electron chi connectivity index (χ1n) is 14.2. The summed E-state index contributed by atoms with van der Waals surface area (Å²) in [4.78, 5) is 0. The average molecular weight is 466 g/mol. The normalized spacial score (nSPS) is 43.3. The molecule has 0 saturated heterocycles. The summed E-state index contributed by atoms with van der Waals surface area (Å²) in [6.07, 6.45) is 19.1. The average Bonchev–Trinajstić information content (AvgIpc) is 3.42. The van der Waals surface area contributed by atoms with Crippen molar-refractivity contribution in [2.24, 2.45) is 46.3 Å². The minimum absolute atomic E-state index is 0.251. The molecule has 4 heteroatoms. The Morgan fingerprint density at radius 2 is 1.91 bits per heavy atom. The maximum atomic E-state index is 9.23. The standard InChI is InChI=1S/C30H47N3O/c1-6-13-28(2)14-11-23-22(16-28)7-8-25-24(23)12-15-29(3)26(25)9-10-27(29)30(4,34-5)20-33-19-21(17-31)18-32-33/h18-19,22-27H,6-16,20H2,1-5H3/t22-,23+,24-,25-,26+,27+,28+,29+,30+/m1/s1. The fourth-order valence-corrected chi connectivity index (χ4v) is 10.2. The Morgan fingerprint density at radius 1 is 1.12 bits per heavy atom. The first-order valence-corrected chi connectivity index (χ1v) is 14.2. The van der Waals surface area contributed by atoms with Gasteiger partial charge in [-0.3, -0.25) is 4.68 Å². The second kappa shape index (κ2) is 8.95. The van der Waals surface area contributed by atoms with E-state index in [0.717, 1.165) is 36.1 Å². The van der Waals surface area contributed by atoms with Crippen molar-refractivity contribution < 1.29 is 4.74 Å². The summed E-state index contributed by atoms with van der Waals surface area (Å²) in [6.45, 7) is 10.6. The molecule has 4 nitrogen and oxygen atoms in total. The van der Waals surface area contributed by atoms with Crippen molar-refractivity contribution in [2.45, 2.75) is 110 Å². The zero-order chi connectivity index (χ0) is 24.1. The number of ether oxygens (including phenoxy) is 1. The van der Waals surface area contributed by atoms with Gasteiger partial charge < -0.3 is 4.74 Å². The van der Waals surface area contributed by atoms with Gasteiger partial charge in [0.15, 0.2) is 0 Å². The Kier molecular flexibility index (Phi) is 6.41. The van der Waals surface area contributed by atoms with E-state index in [4.69, 9.17) is 4.74 Å². The topological polar surface area (TPSA) is 50.8 Å². The Morgan fingerprint density at radius 3 is 2.62 bits per heavy atom. The Balaban J connectivity index is 1.33. The van der Waals surface area contributed by atoms with E-state index in [2.05, 4.69) is 38.9 Å². The van der Waals surface area contributed by atoms with Crippen LogP contribution in [-0.4, -0.2) is 22.5 Å². The predicted molar refractivity (Wildman–Crippen MR) is 136 cm³/mol. The predicted octanol–water partition coefficient (Wildman–Crippen LogP) is 7.24. The third-order valence-corrected chi connectivity index (χ3v) is 11.7. The largest absolute Gasteiger partial charge is 0.376 e. The van der Waals surface area contributed by atoms with E-state index in [1.54, 1.807) is 6.20 Å². The summed E-state index contributed by atoms with van der Waals surface area (Å²) in [5.41, 5.74) is 1.35. The summed E-state index contributed by atoms with van der Waals surface area (Å²) in [7, 11) is 1.89. The molecule has 0 spiro atoms. The van der Waals surface area contributed by atoms with Crippen LogP contribution in [0.25, 0.3) is 0 Å². The van der Waals surface area contributed by atoms with Gasteiger partial charge in [-0.2, -0.15) is 10.4 Å². The highest BCUT2D eigenvalue weighted by atomic mass is 16.5. The quantitative estimate of drug-likeness (QED) is 0.445. The van der Waals surface area contributed by atoms with Gasteiger partial charge in [-0.1, -0.05) is 27.2 Å². The molecule has 0 N–H and O–H groups in total. The van der Waals surface area contributed by atoms with Gasteiger partial charge in [0.05, 0.1) is 23.9 Å². The minimum Gasteiger partial charge on any atom is -0.376 e. The summed E-state index contributed by atoms with van der Waals surface area (Å²) in [5, 5.41) is 13.7. The van der Waals surface area contributed by atoms with Gasteiger partial charge in [0.25, 0.3) is 0 Å². The van der Waals surface area contributed by atoms with Crippen LogP contribution in [0.2, 0.25) is 0 Å². The monoisotopic (exact) mass is 465 g/mol. The van der Waals surface area contributed by atoms with Gasteiger partial charge in [-0.25, -0.2) is 0 Å². The molecule has 1 aromatic rings. The lowest BCUT2D eigenvalue weighted by Crippen LogP contribution is -2.53. The lowest BCUT2D eigenvalue weighted by Gasteiger charge is -2.58. The van der Waals surface area contributed by atoms with E-state index in [1.165, 1.54) is 70.6 Å². The van der Waals surface area contributed by atoms with Crippen LogP contribution in [0.4, 0.5) is 0 Å². The molecule has 1 heterocycles. The maximum absolute atomic E-state index is 9.23. The van der Waals surface area contributed by atoms with Crippen molar-refractivity contribution in [2.75, 3.05) is 7.11 Å². The summed E-state index contributed by atoms with van der Waals surface area (Å²) in [6, 6.07) is 2.22. The second-order valence-electron chi connectivity index (χ2n) is 13.5. The maximum Gasteiger partial charge on any atom is 0.102 e. The van der Waals surface area contributed by atoms with E-state index in [9.17, 15) is 5.26 Å². The lowest BCUT2D eigenvalue weighted by molar-refractivity contribution is -0.132. The molecule has 0 unspecified atom stereocenters. The highest BCUT2D eigenvalue weighted by molar-refractivity contribution is 5.22. The van der Waals surface area contributed by atoms with E-state index in [1.807, 2.05) is 18.0 Å². The van der Waals surface area contributed by atoms with E-state index < -0.39 is 0 Å². The molecule has 0 bridgehead atoms. The SMILES string of the molecule is CCC[C@@]1(C)CC[C@H]2[C@H](CC[C@@H]3[C@@H]2CC[C@@]2(C)[C@H]3CC[C@@H]2[C@](C)(Cn2cc(C#N)cn2)OC)C1. The Labute approximate surface area is 207 Å². The number of aromatic nitrogens is 2. The van der Waals surface area contributed by atoms with Crippen LogP contribution in [0.1, 0.15) is 104 Å². The summed E-state index contributed by atoms with van der Waals surface area (Å²) < 4.78 is 8.24. The summed E-state index contributed by atoms with van der Waals surface area (Å²) >= 11 is 0. The molecule has 5 rings (SSSR count). The third-order valence-electron chi connectivity index (χ3n) is 11.7. The van der Waals surface area contributed by atoms with Crippen LogP contribution in [-0.2, 0) is 11.3 Å². The van der Waals surface area contributed by atoms with Crippen molar-refractivity contribution in [1.82, 2.24) is 9.78 Å². The lowest BCUT2D eigenvalue weighted by atomic mass is 9.47. The van der Waals surface area contributed by atoms with E-state index in [-0.39, 0.29) is 5.60 Å². The first-order chi connectivity index (χ1) is 16.2. The zero-order valence-electron chi connectivity index (χ0n) is 22.4. The minimum atomic E-state index is -0.251. The van der Waals surface area contributed by atoms with Gasteiger partial charge in [-0.15, -0.1) is 0 Å². The van der Waals surface area contributed by atoms with Crippen LogP contribution in [0.5, 0.6) is 0 Å². The molecular formula is C30H47N3O. The molecule has 0 amide bonds. The summed E-state index contributed by atoms with van der Waals surface area (Å²) in [5.74, 6) is 5.28. The van der Waals surface area contributed by atoms with Gasteiger partial charge in [0.2, 0.25) is 0 Å². The van der Waals surface area contributed by atoms with Gasteiger partial charge >= 0.3 is 0 Å². The molecule has 188 valence electrons. The number of fused-ring (bicyclic) bond motifs is 5. The van der Waals surface area contributed by atoms with Crippen molar-refractivity contribution in [3.8, 4) is 6.07 Å². The van der Waals surface area contributed by atoms with Crippen molar-refractivity contribution >= 4 is 0 Å². The molecule has 0 radical (unpaired) electrons. The van der Waals surface area contributed by atoms with Crippen LogP contribution in [0, 0.1) is 57.7 Å². The van der Waals surface area contributed by atoms with Crippen LogP contribution in [0.15, 0.2) is 12.4 Å². The number of hydrogen-bond acceptors (Lipinski definition) is 3. The van der Waals surface area contributed by atoms with Crippen LogP contribution in [0.3, 0.4) is 0 Å². The molecule has 4 saturated carbocycles. The van der Waals surface area contributed by atoms with Gasteiger partial charge in [-0.05, 0) is 117 Å². The molecule has 0 aliphatic heterocycles. The second-order valence-corrected chi connectivity index (χ2v) is 13.5. The number of nitrogens with zero attached hydrogens (tertiary/aromatic N) is 3. The number of methoxy groups -OCH3 is 1. The fourth-order valence-electron chi connectivity index (χ4n) is 10.2. The van der Waals surface area contributed by atoms with Crippen LogP contribution >= 0.6 is 0 Å². The highest BCUT2D eigenvalue weighted by Crippen LogP contribution is 2.67. The first kappa shape index (κ1) is 24.4. The smallest absolute Gasteiger partial charge is 0.102 e. The number of rotatable bonds is 6. The molecule has 1 aromatic heterocycles. The molecule has 4 fully saturated rings. The molecular weight excluding hydrogens is 418 g/mol. The molecule has 0 aromatic carbocycles. The third kappa shape index (κ3) is 3.95. The van der Waals surface area contributed by atoms with Gasteiger partial charge in [0.1, 0.15) is 6.07 Å². The molecule has 34 heavy (non-hydrogen) atoms. The zero-order valence-corrected chi connectivity index (χ0v) is 22.4. The Bertz CT molecular complexity index is 918. The Hall–Kier alpha value is -1.34. The van der Waals surface area contributed by atoms with Crippen molar-refractivity contribution in [3.05, 3.63) is 18.0 Å². The number of nitriles is 1. The highest BCUT2D eigenvalue weighted by Gasteiger charge is 2.61. The molecule has 4 aliphatic rings. The van der Waals surface area contributed by atoms with E-state index >= 15 is 0 Å².